The minimum absolute atomic E-state index is 0.0521. The highest BCUT2D eigenvalue weighted by Crippen LogP contribution is 2.21. The van der Waals surface area contributed by atoms with Gasteiger partial charge in [-0.05, 0) is 19.1 Å². The summed E-state index contributed by atoms with van der Waals surface area (Å²) in [6.07, 6.45) is 3.29. The van der Waals surface area contributed by atoms with Crippen molar-refractivity contribution >= 4 is 17.2 Å². The molecule has 0 saturated carbocycles. The molecule has 5 nitrogen and oxygen atoms in total. The molecule has 0 aliphatic rings. The predicted molar refractivity (Wildman–Crippen MR) is 89.8 cm³/mol. The first-order valence-electron chi connectivity index (χ1n) is 7.49. The molecular weight excluding hydrogens is 346 g/mol. The van der Waals surface area contributed by atoms with Gasteiger partial charge in [-0.3, -0.25) is 4.79 Å². The highest BCUT2D eigenvalue weighted by molar-refractivity contribution is 7.13. The molecule has 0 spiro atoms. The largest absolute Gasteiger partial charge is 0.349 e. The fourth-order valence-electron chi connectivity index (χ4n) is 2.29. The maximum atomic E-state index is 13.8. The van der Waals surface area contributed by atoms with Gasteiger partial charge < -0.3 is 5.32 Å². The van der Waals surface area contributed by atoms with Crippen LogP contribution in [-0.2, 0) is 11.2 Å². The molecule has 25 heavy (non-hydrogen) atoms. The Bertz CT molecular complexity index is 885. The van der Waals surface area contributed by atoms with Crippen LogP contribution in [0.5, 0.6) is 0 Å². The zero-order valence-corrected chi connectivity index (χ0v) is 14.1. The molecule has 0 radical (unpaired) electrons. The third-order valence-electron chi connectivity index (χ3n) is 3.46. The fraction of sp³-hybridized carbons (Fsp3) is 0.176. The Labute approximate surface area is 146 Å². The van der Waals surface area contributed by atoms with Crippen molar-refractivity contribution in [2.75, 3.05) is 0 Å². The molecule has 1 N–H and O–H groups in total. The first kappa shape index (κ1) is 17.1. The number of nitrogens with zero attached hydrogens (tertiary/aromatic N) is 3. The molecule has 3 rings (SSSR count). The molecule has 1 aromatic carbocycles. The lowest BCUT2D eigenvalue weighted by atomic mass is 10.1. The molecule has 0 saturated heterocycles. The maximum Gasteiger partial charge on any atom is 0.226 e. The minimum Gasteiger partial charge on any atom is -0.349 e. The third kappa shape index (κ3) is 4.21. The van der Waals surface area contributed by atoms with Crippen molar-refractivity contribution in [3.05, 3.63) is 64.9 Å². The fourth-order valence-corrected chi connectivity index (χ4v) is 3.05. The van der Waals surface area contributed by atoms with Gasteiger partial charge in [0.05, 0.1) is 18.2 Å². The molecular formula is C17H14F2N4OS. The number of benzene rings is 1. The Hall–Kier alpha value is -2.74. The van der Waals surface area contributed by atoms with Gasteiger partial charge in [0.15, 0.2) is 10.8 Å². The number of thiazole rings is 1. The second-order valence-corrected chi connectivity index (χ2v) is 6.21. The molecule has 2 heterocycles. The lowest BCUT2D eigenvalue weighted by Crippen LogP contribution is -2.28. The van der Waals surface area contributed by atoms with Gasteiger partial charge in [0, 0.05) is 29.4 Å². The normalized spacial score (nSPS) is 12.0. The molecule has 1 amide bonds. The van der Waals surface area contributed by atoms with Gasteiger partial charge in [-0.25, -0.2) is 23.7 Å². The Morgan fingerprint density at radius 2 is 2.04 bits per heavy atom. The van der Waals surface area contributed by atoms with E-state index in [1.165, 1.54) is 17.4 Å². The second-order valence-electron chi connectivity index (χ2n) is 5.35. The van der Waals surface area contributed by atoms with Crippen molar-refractivity contribution in [1.82, 2.24) is 20.3 Å². The molecule has 2 aromatic heterocycles. The minimum atomic E-state index is -0.690. The van der Waals surface area contributed by atoms with Crippen LogP contribution >= 0.6 is 11.3 Å². The third-order valence-corrected chi connectivity index (χ3v) is 4.34. The van der Waals surface area contributed by atoms with Gasteiger partial charge in [0.1, 0.15) is 11.6 Å². The van der Waals surface area contributed by atoms with Crippen molar-refractivity contribution in [3.8, 4) is 10.8 Å². The van der Waals surface area contributed by atoms with Crippen LogP contribution in [0.15, 0.2) is 42.0 Å². The van der Waals surface area contributed by atoms with E-state index in [0.717, 1.165) is 12.1 Å². The first-order chi connectivity index (χ1) is 12.0. The number of carbonyl (C=O) groups excluding carboxylic acids is 1. The summed E-state index contributed by atoms with van der Waals surface area (Å²) in [6.45, 7) is 1.64. The number of aromatic nitrogens is 3. The number of nitrogens with one attached hydrogen (secondary N) is 1. The predicted octanol–water partition coefficient (Wildman–Crippen LogP) is 3.30. The Balaban J connectivity index is 1.64. The smallest absolute Gasteiger partial charge is 0.226 e. The first-order valence-corrected chi connectivity index (χ1v) is 8.37. The lowest BCUT2D eigenvalue weighted by molar-refractivity contribution is -0.121. The summed E-state index contributed by atoms with van der Waals surface area (Å²) in [6, 6.07) is 4.41. The molecule has 1 unspecified atom stereocenters. The zero-order chi connectivity index (χ0) is 17.8. The highest BCUT2D eigenvalue weighted by atomic mass is 32.1. The van der Waals surface area contributed by atoms with Crippen LogP contribution in [0.1, 0.15) is 24.2 Å². The SMILES string of the molecule is CC(NC(=O)Cc1csc(-c2ncccn2)n1)c1ccc(F)cc1F. The van der Waals surface area contributed by atoms with Crippen LogP contribution in [0.2, 0.25) is 0 Å². The average Bonchev–Trinajstić information content (AvgIpc) is 3.03. The lowest BCUT2D eigenvalue weighted by Gasteiger charge is -2.14. The maximum absolute atomic E-state index is 13.8. The summed E-state index contributed by atoms with van der Waals surface area (Å²) >= 11 is 1.35. The van der Waals surface area contributed by atoms with Gasteiger partial charge in [0.2, 0.25) is 5.91 Å². The molecule has 3 aromatic rings. The zero-order valence-electron chi connectivity index (χ0n) is 13.2. The Morgan fingerprint density at radius 1 is 1.28 bits per heavy atom. The quantitative estimate of drug-likeness (QED) is 0.758. The number of hydrogen-bond donors (Lipinski definition) is 1. The van der Waals surface area contributed by atoms with E-state index in [0.29, 0.717) is 16.5 Å². The summed E-state index contributed by atoms with van der Waals surface area (Å²) in [5.41, 5.74) is 0.808. The van der Waals surface area contributed by atoms with Crippen molar-refractivity contribution < 1.29 is 13.6 Å². The summed E-state index contributed by atoms with van der Waals surface area (Å²) in [4.78, 5) is 24.7. The van der Waals surface area contributed by atoms with Gasteiger partial charge in [-0.1, -0.05) is 6.07 Å². The van der Waals surface area contributed by atoms with Crippen LogP contribution < -0.4 is 5.32 Å². The van der Waals surface area contributed by atoms with Crippen molar-refractivity contribution in [3.63, 3.8) is 0 Å². The van der Waals surface area contributed by atoms with Crippen molar-refractivity contribution in [2.45, 2.75) is 19.4 Å². The van der Waals surface area contributed by atoms with Gasteiger partial charge in [0.25, 0.3) is 0 Å². The number of carbonyl (C=O) groups is 1. The van der Waals surface area contributed by atoms with Gasteiger partial charge in [-0.2, -0.15) is 0 Å². The van der Waals surface area contributed by atoms with E-state index < -0.39 is 17.7 Å². The molecule has 128 valence electrons. The number of halogens is 2. The monoisotopic (exact) mass is 360 g/mol. The summed E-state index contributed by atoms with van der Waals surface area (Å²) in [7, 11) is 0. The van der Waals surface area contributed by atoms with Gasteiger partial charge in [-0.15, -0.1) is 11.3 Å². The van der Waals surface area contributed by atoms with Crippen molar-refractivity contribution in [2.24, 2.45) is 0 Å². The van der Waals surface area contributed by atoms with E-state index >= 15 is 0 Å². The molecule has 0 bridgehead atoms. The molecule has 0 fully saturated rings. The van der Waals surface area contributed by atoms with Gasteiger partial charge >= 0.3 is 0 Å². The standard InChI is InChI=1S/C17H14F2N4OS/c1-10(13-4-3-11(18)7-14(13)19)22-15(24)8-12-9-25-17(23-12)16-20-5-2-6-21-16/h2-7,9-10H,8H2,1H3,(H,22,24). The molecule has 8 heteroatoms. The van der Waals surface area contributed by atoms with Crippen LogP contribution in [-0.4, -0.2) is 20.9 Å². The molecule has 0 aliphatic heterocycles. The number of hydrogen-bond acceptors (Lipinski definition) is 5. The van der Waals surface area contributed by atoms with Crippen molar-refractivity contribution in [1.29, 1.82) is 0 Å². The Morgan fingerprint density at radius 3 is 2.76 bits per heavy atom. The van der Waals surface area contributed by atoms with E-state index in [9.17, 15) is 13.6 Å². The van der Waals surface area contributed by atoms with E-state index in [1.807, 2.05) is 0 Å². The molecule has 1 atom stereocenters. The summed E-state index contributed by atoms with van der Waals surface area (Å²) in [5, 5.41) is 5.07. The molecule has 0 aliphatic carbocycles. The van der Waals surface area contributed by atoms with Crippen LogP contribution in [0, 0.1) is 11.6 Å². The van der Waals surface area contributed by atoms with E-state index in [-0.39, 0.29) is 17.9 Å². The highest BCUT2D eigenvalue weighted by Gasteiger charge is 2.16. The van der Waals surface area contributed by atoms with Crippen LogP contribution in [0.25, 0.3) is 10.8 Å². The van der Waals surface area contributed by atoms with Crippen LogP contribution in [0.3, 0.4) is 0 Å². The van der Waals surface area contributed by atoms with E-state index in [2.05, 4.69) is 20.3 Å². The number of rotatable bonds is 5. The van der Waals surface area contributed by atoms with Crippen LogP contribution in [0.4, 0.5) is 8.78 Å². The topological polar surface area (TPSA) is 67.8 Å². The second kappa shape index (κ2) is 7.43. The average molecular weight is 360 g/mol. The number of amides is 1. The summed E-state index contributed by atoms with van der Waals surface area (Å²) < 4.78 is 26.7. The Kier molecular flexibility index (Phi) is 5.08. The van der Waals surface area contributed by atoms with E-state index in [1.54, 1.807) is 30.8 Å². The summed E-state index contributed by atoms with van der Waals surface area (Å²) in [5.74, 6) is -1.15. The van der Waals surface area contributed by atoms with E-state index in [4.69, 9.17) is 0 Å².